The van der Waals surface area contributed by atoms with Crippen LogP contribution in [0.2, 0.25) is 0 Å². The van der Waals surface area contributed by atoms with Gasteiger partial charge in [-0.1, -0.05) is 30.3 Å². The summed E-state index contributed by atoms with van der Waals surface area (Å²) < 4.78 is 27.9. The second-order valence-corrected chi connectivity index (χ2v) is 5.47. The van der Waals surface area contributed by atoms with Crippen molar-refractivity contribution in [3.05, 3.63) is 65.2 Å². The lowest BCUT2D eigenvalue weighted by atomic mass is 9.95. The van der Waals surface area contributed by atoms with Gasteiger partial charge < -0.3 is 5.73 Å². The van der Waals surface area contributed by atoms with Crippen LogP contribution in [-0.4, -0.2) is 0 Å². The number of nitrogens with two attached hydrogens (primary N) is 1. The van der Waals surface area contributed by atoms with E-state index in [9.17, 15) is 8.78 Å². The molecule has 3 heteroatoms. The van der Waals surface area contributed by atoms with Gasteiger partial charge in [-0.25, -0.2) is 8.78 Å². The van der Waals surface area contributed by atoms with Crippen LogP contribution in [0.3, 0.4) is 0 Å². The third kappa shape index (κ3) is 1.74. The zero-order valence-electron chi connectivity index (χ0n) is 11.3. The van der Waals surface area contributed by atoms with Crippen LogP contribution in [0.5, 0.6) is 0 Å². The minimum atomic E-state index is -0.588. The molecule has 2 N–H and O–H groups in total. The number of halogens is 2. The molecule has 1 aliphatic carbocycles. The van der Waals surface area contributed by atoms with Gasteiger partial charge in [0.2, 0.25) is 0 Å². The second-order valence-electron chi connectivity index (χ2n) is 5.47. The van der Waals surface area contributed by atoms with Gasteiger partial charge >= 0.3 is 0 Å². The zero-order chi connectivity index (χ0) is 14.6. The Hall–Kier alpha value is -2.42. The quantitative estimate of drug-likeness (QED) is 0.654. The van der Waals surface area contributed by atoms with Gasteiger partial charge in [0.05, 0.1) is 5.69 Å². The van der Waals surface area contributed by atoms with Gasteiger partial charge in [-0.3, -0.25) is 0 Å². The van der Waals surface area contributed by atoms with Gasteiger partial charge in [-0.15, -0.1) is 0 Å². The van der Waals surface area contributed by atoms with E-state index in [0.29, 0.717) is 5.56 Å². The van der Waals surface area contributed by atoms with Crippen molar-refractivity contribution in [3.8, 4) is 11.1 Å². The summed E-state index contributed by atoms with van der Waals surface area (Å²) in [5.41, 5.74) is 8.79. The monoisotopic (exact) mass is 281 g/mol. The van der Waals surface area contributed by atoms with Gasteiger partial charge in [-0.05, 0) is 46.4 Å². The number of aryl methyl sites for hydroxylation is 2. The first-order valence-electron chi connectivity index (χ1n) is 6.93. The SMILES string of the molecule is Nc1cc(F)c(-c2ccc3c4c(cccc24)CC3)cc1F. The molecule has 0 amide bonds. The first-order valence-corrected chi connectivity index (χ1v) is 6.93. The molecular weight excluding hydrogens is 268 g/mol. The first-order chi connectivity index (χ1) is 10.1. The molecule has 0 bridgehead atoms. The molecule has 0 heterocycles. The lowest BCUT2D eigenvalue weighted by Gasteiger charge is -2.11. The Labute approximate surface area is 121 Å². The van der Waals surface area contributed by atoms with Crippen molar-refractivity contribution in [2.45, 2.75) is 12.8 Å². The Morgan fingerprint density at radius 3 is 2.38 bits per heavy atom. The van der Waals surface area contributed by atoms with E-state index in [1.54, 1.807) is 0 Å². The number of benzene rings is 3. The number of hydrogen-bond acceptors (Lipinski definition) is 1. The van der Waals surface area contributed by atoms with Crippen LogP contribution >= 0.6 is 0 Å². The average molecular weight is 281 g/mol. The van der Waals surface area contributed by atoms with E-state index in [1.165, 1.54) is 22.6 Å². The topological polar surface area (TPSA) is 26.0 Å². The van der Waals surface area contributed by atoms with Crippen LogP contribution < -0.4 is 5.73 Å². The fraction of sp³-hybridized carbons (Fsp3) is 0.111. The average Bonchev–Trinajstić information content (AvgIpc) is 2.89. The van der Waals surface area contributed by atoms with Crippen LogP contribution in [0, 0.1) is 11.6 Å². The van der Waals surface area contributed by atoms with E-state index in [1.807, 2.05) is 24.3 Å². The summed E-state index contributed by atoms with van der Waals surface area (Å²) in [6.45, 7) is 0. The predicted molar refractivity (Wildman–Crippen MR) is 81.1 cm³/mol. The lowest BCUT2D eigenvalue weighted by molar-refractivity contribution is 0.607. The van der Waals surface area contributed by atoms with E-state index in [0.717, 1.165) is 24.3 Å². The van der Waals surface area contributed by atoms with Crippen molar-refractivity contribution < 1.29 is 8.78 Å². The number of hydrogen-bond donors (Lipinski definition) is 1. The first kappa shape index (κ1) is 12.3. The number of nitrogen functional groups attached to an aromatic ring is 1. The summed E-state index contributed by atoms with van der Waals surface area (Å²) in [5.74, 6) is -1.08. The van der Waals surface area contributed by atoms with Crippen LogP contribution in [0.4, 0.5) is 14.5 Å². The molecule has 0 atom stereocenters. The zero-order valence-corrected chi connectivity index (χ0v) is 11.3. The molecule has 0 saturated carbocycles. The molecule has 0 radical (unpaired) electrons. The minimum absolute atomic E-state index is 0.165. The fourth-order valence-electron chi connectivity index (χ4n) is 3.25. The van der Waals surface area contributed by atoms with Crippen molar-refractivity contribution in [1.82, 2.24) is 0 Å². The minimum Gasteiger partial charge on any atom is -0.396 e. The molecule has 3 aromatic rings. The van der Waals surface area contributed by atoms with E-state index in [4.69, 9.17) is 5.73 Å². The molecule has 0 aliphatic heterocycles. The summed E-state index contributed by atoms with van der Waals surface area (Å²) in [5, 5.41) is 2.16. The molecule has 1 aliphatic rings. The summed E-state index contributed by atoms with van der Waals surface area (Å²) in [7, 11) is 0. The molecule has 0 unspecified atom stereocenters. The molecule has 1 nitrogen and oxygen atoms in total. The molecule has 4 rings (SSSR count). The van der Waals surface area contributed by atoms with Gasteiger partial charge in [0.15, 0.2) is 0 Å². The third-order valence-electron chi connectivity index (χ3n) is 4.25. The maximum atomic E-state index is 14.2. The highest BCUT2D eigenvalue weighted by atomic mass is 19.1. The number of anilines is 1. The maximum Gasteiger partial charge on any atom is 0.146 e. The maximum absolute atomic E-state index is 14.2. The molecule has 0 fully saturated rings. The van der Waals surface area contributed by atoms with E-state index in [-0.39, 0.29) is 11.3 Å². The Balaban J connectivity index is 2.07. The van der Waals surface area contributed by atoms with Crippen LogP contribution in [0.25, 0.3) is 21.9 Å². The van der Waals surface area contributed by atoms with Gasteiger partial charge in [0, 0.05) is 11.6 Å². The van der Waals surface area contributed by atoms with E-state index in [2.05, 4.69) is 6.07 Å². The molecule has 21 heavy (non-hydrogen) atoms. The Kier molecular flexibility index (Phi) is 2.52. The standard InChI is InChI=1S/C18H13F2N/c19-15-9-17(21)16(20)8-14(15)12-7-6-11-5-4-10-2-1-3-13(12)18(10)11/h1-3,6-9H,4-5,21H2. The third-order valence-corrected chi connectivity index (χ3v) is 4.25. The summed E-state index contributed by atoms with van der Waals surface area (Å²) >= 11 is 0. The largest absolute Gasteiger partial charge is 0.396 e. The number of rotatable bonds is 1. The summed E-state index contributed by atoms with van der Waals surface area (Å²) in [4.78, 5) is 0. The van der Waals surface area contributed by atoms with E-state index >= 15 is 0 Å². The molecule has 0 spiro atoms. The predicted octanol–water partition coefficient (Wildman–Crippen LogP) is 4.47. The Bertz CT molecular complexity index is 874. The normalized spacial score (nSPS) is 13.0. The molecule has 0 saturated heterocycles. The van der Waals surface area contributed by atoms with Crippen LogP contribution in [0.15, 0.2) is 42.5 Å². The van der Waals surface area contributed by atoms with Crippen molar-refractivity contribution >= 4 is 16.5 Å². The van der Waals surface area contributed by atoms with Gasteiger partial charge in [0.1, 0.15) is 11.6 Å². The fourth-order valence-corrected chi connectivity index (χ4v) is 3.25. The molecule has 104 valence electrons. The second kappa shape index (κ2) is 4.29. The highest BCUT2D eigenvalue weighted by molar-refractivity contribution is 6.01. The van der Waals surface area contributed by atoms with Crippen molar-refractivity contribution in [2.24, 2.45) is 0 Å². The molecule has 0 aromatic heterocycles. The molecule has 3 aromatic carbocycles. The van der Waals surface area contributed by atoms with Gasteiger partial charge in [0.25, 0.3) is 0 Å². The van der Waals surface area contributed by atoms with Crippen LogP contribution in [-0.2, 0) is 12.8 Å². The lowest BCUT2D eigenvalue weighted by Crippen LogP contribution is -1.95. The van der Waals surface area contributed by atoms with Crippen molar-refractivity contribution in [1.29, 1.82) is 0 Å². The highest BCUT2D eigenvalue weighted by Gasteiger charge is 2.18. The summed E-state index contributed by atoms with van der Waals surface area (Å²) in [6.07, 6.45) is 2.02. The van der Waals surface area contributed by atoms with Gasteiger partial charge in [-0.2, -0.15) is 0 Å². The Morgan fingerprint density at radius 2 is 1.57 bits per heavy atom. The van der Waals surface area contributed by atoms with Crippen molar-refractivity contribution in [2.75, 3.05) is 5.73 Å². The molecular formula is C18H13F2N. The smallest absolute Gasteiger partial charge is 0.146 e. The van der Waals surface area contributed by atoms with E-state index < -0.39 is 11.6 Å². The summed E-state index contributed by atoms with van der Waals surface area (Å²) in [6, 6.07) is 12.2. The van der Waals surface area contributed by atoms with Crippen LogP contribution in [0.1, 0.15) is 11.1 Å². The van der Waals surface area contributed by atoms with Crippen molar-refractivity contribution in [3.63, 3.8) is 0 Å². The Morgan fingerprint density at radius 1 is 0.810 bits per heavy atom. The highest BCUT2D eigenvalue weighted by Crippen LogP contribution is 2.38.